The Morgan fingerprint density at radius 2 is 1.12 bits per heavy atom. The number of fused-ring (bicyclic) bond motifs is 3. The Hall–Kier alpha value is -2.67. The maximum absolute atomic E-state index is 2.32. The fourth-order valence-corrected chi connectivity index (χ4v) is 5.19. The molecule has 5 aromatic rings. The van der Waals surface area contributed by atoms with Gasteiger partial charge in [0.1, 0.15) is 9.52 Å². The molecular weight excluding hydrogens is 480 g/mol. The van der Waals surface area contributed by atoms with E-state index in [2.05, 4.69) is 133 Å². The van der Waals surface area contributed by atoms with Crippen LogP contribution in [0.15, 0.2) is 133 Å². The topological polar surface area (TPSA) is 0 Å². The van der Waals surface area contributed by atoms with Gasteiger partial charge in [0.25, 0.3) is 0 Å². The van der Waals surface area contributed by atoms with Crippen LogP contribution in [0.25, 0.3) is 21.5 Å². The minimum absolute atomic E-state index is 0. The first-order chi connectivity index (χ1) is 15.4. The summed E-state index contributed by atoms with van der Waals surface area (Å²) in [6.45, 7) is 0. The summed E-state index contributed by atoms with van der Waals surface area (Å²) in [7, 11) is 0.777. The summed E-state index contributed by atoms with van der Waals surface area (Å²) in [6.07, 6.45) is 8.77. The predicted molar refractivity (Wildman–Crippen MR) is 136 cm³/mol. The van der Waals surface area contributed by atoms with E-state index in [1.807, 2.05) is 0 Å². The molecule has 0 bridgehead atoms. The molecule has 0 N–H and O–H groups in total. The zero-order valence-electron chi connectivity index (χ0n) is 17.8. The molecule has 0 aromatic heterocycles. The molecule has 1 aliphatic carbocycles. The normalized spacial score (nSPS) is 12.5. The third-order valence-corrected chi connectivity index (χ3v) is 6.88. The van der Waals surface area contributed by atoms with E-state index < -0.39 is 0 Å². The van der Waals surface area contributed by atoms with Gasteiger partial charge in [-0.15, -0.1) is 33.7 Å². The van der Waals surface area contributed by atoms with Crippen molar-refractivity contribution in [2.75, 3.05) is 0 Å². The predicted octanol–water partition coefficient (Wildman–Crippen LogP) is 6.26. The van der Waals surface area contributed by atoms with E-state index in [9.17, 15) is 0 Å². The summed E-state index contributed by atoms with van der Waals surface area (Å²) in [6, 6.07) is 38.7. The van der Waals surface area contributed by atoms with Crippen molar-refractivity contribution in [1.29, 1.82) is 0 Å². The van der Waals surface area contributed by atoms with Crippen LogP contribution in [0.1, 0.15) is 11.5 Å². The summed E-state index contributed by atoms with van der Waals surface area (Å²) in [5.41, 5.74) is 1.41. The van der Waals surface area contributed by atoms with Crippen LogP contribution in [0.5, 0.6) is 0 Å². The van der Waals surface area contributed by atoms with E-state index in [0.29, 0.717) is 5.92 Å². The summed E-state index contributed by atoms with van der Waals surface area (Å²) >= 11 is 0. The van der Waals surface area contributed by atoms with Gasteiger partial charge in [0.2, 0.25) is 0 Å². The molecule has 0 fully saturated rings. The fraction of sp³-hybridized carbons (Fsp3) is 0.0333. The summed E-state index contributed by atoms with van der Waals surface area (Å²) in [5, 5.41) is 8.25. The molecule has 2 radical (unpaired) electrons. The summed E-state index contributed by atoms with van der Waals surface area (Å²) < 4.78 is 0. The van der Waals surface area contributed by atoms with E-state index in [4.69, 9.17) is 0 Å². The standard InChI is InChI=1S/C18H13.C12H10Si.Zr/c1-2-7-13(6-1)15-10-5-11-17-16-9-4-3-8-14(16)12-18(15)17;1-3-7-11(8-4-1)13-12-9-5-2-6-10-12;/h1-13H;1-10H;/q-1;;. The third kappa shape index (κ3) is 5.04. The van der Waals surface area contributed by atoms with Crippen LogP contribution in [0.2, 0.25) is 0 Å². The second-order valence-electron chi connectivity index (χ2n) is 7.69. The number of allylic oxidation sites excluding steroid dienone is 4. The first-order valence-electron chi connectivity index (χ1n) is 10.7. The van der Waals surface area contributed by atoms with Crippen LogP contribution in [0.3, 0.4) is 0 Å². The number of rotatable bonds is 3. The van der Waals surface area contributed by atoms with E-state index in [1.165, 1.54) is 37.5 Å². The Morgan fingerprint density at radius 1 is 0.562 bits per heavy atom. The molecule has 0 spiro atoms. The van der Waals surface area contributed by atoms with Gasteiger partial charge in [0, 0.05) is 26.2 Å². The van der Waals surface area contributed by atoms with Crippen molar-refractivity contribution in [3.63, 3.8) is 0 Å². The van der Waals surface area contributed by atoms with Crippen LogP contribution in [0, 0.1) is 0 Å². The molecule has 6 rings (SSSR count). The van der Waals surface area contributed by atoms with Crippen molar-refractivity contribution < 1.29 is 26.2 Å². The van der Waals surface area contributed by atoms with Gasteiger partial charge in [-0.25, -0.2) is 0 Å². The van der Waals surface area contributed by atoms with Crippen molar-refractivity contribution >= 4 is 41.4 Å². The Morgan fingerprint density at radius 3 is 1.78 bits per heavy atom. The minimum atomic E-state index is 0. The quantitative estimate of drug-likeness (QED) is 0.202. The molecule has 0 saturated heterocycles. The number of benzene rings is 4. The van der Waals surface area contributed by atoms with Crippen LogP contribution >= 0.6 is 0 Å². The zero-order chi connectivity index (χ0) is 20.9. The molecule has 2 heteroatoms. The van der Waals surface area contributed by atoms with Crippen molar-refractivity contribution in [2.45, 2.75) is 5.92 Å². The molecule has 0 heterocycles. The smallest absolute Gasteiger partial charge is 0.121 e. The van der Waals surface area contributed by atoms with E-state index in [-0.39, 0.29) is 26.2 Å². The Balaban J connectivity index is 0.000000157. The van der Waals surface area contributed by atoms with E-state index in [1.54, 1.807) is 0 Å². The van der Waals surface area contributed by atoms with Gasteiger partial charge in [-0.1, -0.05) is 137 Å². The van der Waals surface area contributed by atoms with Crippen LogP contribution in [-0.2, 0) is 26.2 Å². The number of hydrogen-bond donors (Lipinski definition) is 0. The molecule has 32 heavy (non-hydrogen) atoms. The average molecular weight is 503 g/mol. The molecule has 5 aromatic carbocycles. The maximum atomic E-state index is 2.32. The first kappa shape index (κ1) is 22.5. The van der Waals surface area contributed by atoms with Gasteiger partial charge in [-0.2, -0.15) is 0 Å². The zero-order valence-corrected chi connectivity index (χ0v) is 21.2. The largest absolute Gasteiger partial charge is 0.126 e. The van der Waals surface area contributed by atoms with Crippen molar-refractivity contribution in [2.24, 2.45) is 0 Å². The third-order valence-electron chi connectivity index (χ3n) is 5.63. The molecular formula is C30H23SiZr-. The van der Waals surface area contributed by atoms with E-state index in [0.717, 1.165) is 9.52 Å². The van der Waals surface area contributed by atoms with E-state index >= 15 is 0 Å². The van der Waals surface area contributed by atoms with Gasteiger partial charge in [0.05, 0.1) is 0 Å². The SMILES string of the molecule is C1=CC(c2cccc3c2[cH-]c2ccccc23)C=C1.[Zr].c1ccc([Si]c2ccccc2)cc1. The Labute approximate surface area is 211 Å². The Bertz CT molecular complexity index is 1300. The van der Waals surface area contributed by atoms with Crippen molar-refractivity contribution in [3.05, 3.63) is 139 Å². The Kier molecular flexibility index (Phi) is 7.58. The molecule has 0 amide bonds. The maximum Gasteiger partial charge on any atom is 0.121 e. The van der Waals surface area contributed by atoms with Gasteiger partial charge in [-0.05, 0) is 5.92 Å². The van der Waals surface area contributed by atoms with Crippen LogP contribution in [-0.4, -0.2) is 9.52 Å². The molecule has 0 atom stereocenters. The van der Waals surface area contributed by atoms with Crippen LogP contribution < -0.4 is 10.4 Å². The number of hydrogen-bond acceptors (Lipinski definition) is 0. The monoisotopic (exact) mass is 501 g/mol. The van der Waals surface area contributed by atoms with Gasteiger partial charge >= 0.3 is 0 Å². The average Bonchev–Trinajstić information content (AvgIpc) is 3.49. The molecule has 1 aliphatic rings. The fourth-order valence-electron chi connectivity index (χ4n) is 4.14. The molecule has 0 unspecified atom stereocenters. The molecule has 0 nitrogen and oxygen atoms in total. The van der Waals surface area contributed by atoms with Crippen molar-refractivity contribution in [1.82, 2.24) is 0 Å². The summed E-state index contributed by atoms with van der Waals surface area (Å²) in [4.78, 5) is 0. The summed E-state index contributed by atoms with van der Waals surface area (Å²) in [5.74, 6) is 0.436. The van der Waals surface area contributed by atoms with Crippen LogP contribution in [0.4, 0.5) is 0 Å². The van der Waals surface area contributed by atoms with Gasteiger partial charge in [-0.3, -0.25) is 0 Å². The van der Waals surface area contributed by atoms with Gasteiger partial charge in [0.15, 0.2) is 0 Å². The molecule has 0 saturated carbocycles. The minimum Gasteiger partial charge on any atom is -0.126 e. The van der Waals surface area contributed by atoms with Gasteiger partial charge < -0.3 is 0 Å². The second kappa shape index (κ2) is 10.8. The first-order valence-corrected chi connectivity index (χ1v) is 11.7. The molecule has 0 aliphatic heterocycles. The second-order valence-corrected chi connectivity index (χ2v) is 9.10. The van der Waals surface area contributed by atoms with Crippen molar-refractivity contribution in [3.8, 4) is 0 Å². The molecule has 152 valence electrons.